The maximum Gasteiger partial charge on any atom is 0.0239 e. The molecule has 0 aromatic heterocycles. The molecule has 2 N–H and O–H groups in total. The number of hydrogen-bond acceptors (Lipinski definition) is 2. The standard InChI is InChI=1S/C14H20N2/c15-12-8-13-6-7-14(9-12)16(13)10-11-4-2-1-3-5-11/h1-5,12-14H,6-10,15H2. The van der Waals surface area contributed by atoms with Gasteiger partial charge in [-0.2, -0.15) is 0 Å². The zero-order chi connectivity index (χ0) is 11.0. The van der Waals surface area contributed by atoms with Crippen LogP contribution in [0.15, 0.2) is 30.3 Å². The van der Waals surface area contributed by atoms with Crippen molar-refractivity contribution in [3.8, 4) is 0 Å². The number of fused-ring (bicyclic) bond motifs is 2. The van der Waals surface area contributed by atoms with Gasteiger partial charge in [0, 0.05) is 24.7 Å². The summed E-state index contributed by atoms with van der Waals surface area (Å²) in [6.45, 7) is 1.11. The molecule has 1 aromatic rings. The van der Waals surface area contributed by atoms with Crippen LogP contribution >= 0.6 is 0 Å². The van der Waals surface area contributed by atoms with Crippen molar-refractivity contribution in [1.82, 2.24) is 4.90 Å². The summed E-state index contributed by atoms with van der Waals surface area (Å²) in [6, 6.07) is 12.7. The molecule has 3 rings (SSSR count). The van der Waals surface area contributed by atoms with Crippen molar-refractivity contribution in [2.75, 3.05) is 0 Å². The Morgan fingerprint density at radius 3 is 2.31 bits per heavy atom. The van der Waals surface area contributed by atoms with Gasteiger partial charge in [0.2, 0.25) is 0 Å². The molecule has 0 aliphatic carbocycles. The SMILES string of the molecule is NC1CC2CCC(C1)N2Cc1ccccc1. The van der Waals surface area contributed by atoms with E-state index in [9.17, 15) is 0 Å². The second-order valence-corrected chi connectivity index (χ2v) is 5.27. The highest BCUT2D eigenvalue weighted by Gasteiger charge is 2.39. The molecule has 2 aliphatic rings. The van der Waals surface area contributed by atoms with Gasteiger partial charge in [-0.25, -0.2) is 0 Å². The predicted molar refractivity (Wildman–Crippen MR) is 66.0 cm³/mol. The first-order valence-electron chi connectivity index (χ1n) is 6.38. The molecule has 2 heterocycles. The molecule has 2 fully saturated rings. The Bertz CT molecular complexity index is 335. The Labute approximate surface area is 97.4 Å². The molecule has 2 unspecified atom stereocenters. The fraction of sp³-hybridized carbons (Fsp3) is 0.571. The van der Waals surface area contributed by atoms with E-state index in [2.05, 4.69) is 35.2 Å². The minimum atomic E-state index is 0.449. The molecule has 2 bridgehead atoms. The van der Waals surface area contributed by atoms with Crippen LogP contribution in [-0.4, -0.2) is 23.0 Å². The monoisotopic (exact) mass is 216 g/mol. The summed E-state index contributed by atoms with van der Waals surface area (Å²) in [5.41, 5.74) is 7.52. The van der Waals surface area contributed by atoms with Gasteiger partial charge in [0.1, 0.15) is 0 Å². The quantitative estimate of drug-likeness (QED) is 0.820. The Morgan fingerprint density at radius 1 is 1.06 bits per heavy atom. The van der Waals surface area contributed by atoms with Gasteiger partial charge in [-0.1, -0.05) is 30.3 Å². The third-order valence-electron chi connectivity index (χ3n) is 4.13. The number of piperidine rings is 1. The summed E-state index contributed by atoms with van der Waals surface area (Å²) in [7, 11) is 0. The molecule has 0 saturated carbocycles. The normalized spacial score (nSPS) is 34.2. The zero-order valence-corrected chi connectivity index (χ0v) is 9.68. The number of nitrogens with zero attached hydrogens (tertiary/aromatic N) is 1. The highest BCUT2D eigenvalue weighted by atomic mass is 15.2. The van der Waals surface area contributed by atoms with E-state index in [1.807, 2.05) is 0 Å². The molecule has 0 amide bonds. The van der Waals surface area contributed by atoms with Gasteiger partial charge < -0.3 is 5.73 Å². The number of rotatable bonds is 2. The van der Waals surface area contributed by atoms with Gasteiger partial charge in [-0.3, -0.25) is 4.90 Å². The van der Waals surface area contributed by atoms with Crippen molar-refractivity contribution < 1.29 is 0 Å². The maximum absolute atomic E-state index is 6.08. The van der Waals surface area contributed by atoms with Crippen molar-refractivity contribution in [3.05, 3.63) is 35.9 Å². The van der Waals surface area contributed by atoms with Crippen LogP contribution in [0.3, 0.4) is 0 Å². The topological polar surface area (TPSA) is 29.3 Å². The Balaban J connectivity index is 1.72. The third kappa shape index (κ3) is 1.87. The minimum absolute atomic E-state index is 0.449. The van der Waals surface area contributed by atoms with Crippen LogP contribution in [0.5, 0.6) is 0 Å². The van der Waals surface area contributed by atoms with E-state index in [0.717, 1.165) is 18.6 Å². The first kappa shape index (κ1) is 10.3. The molecule has 16 heavy (non-hydrogen) atoms. The lowest BCUT2D eigenvalue weighted by molar-refractivity contribution is 0.120. The highest BCUT2D eigenvalue weighted by molar-refractivity contribution is 5.15. The van der Waals surface area contributed by atoms with Crippen LogP contribution in [0, 0.1) is 0 Å². The minimum Gasteiger partial charge on any atom is -0.328 e. The Hall–Kier alpha value is -0.860. The van der Waals surface area contributed by atoms with Gasteiger partial charge in [0.25, 0.3) is 0 Å². The van der Waals surface area contributed by atoms with Crippen LogP contribution in [0.4, 0.5) is 0 Å². The van der Waals surface area contributed by atoms with E-state index in [1.165, 1.54) is 31.2 Å². The van der Waals surface area contributed by atoms with Crippen molar-refractivity contribution in [2.24, 2.45) is 5.73 Å². The summed E-state index contributed by atoms with van der Waals surface area (Å²) < 4.78 is 0. The predicted octanol–water partition coefficient (Wildman–Crippen LogP) is 2.14. The third-order valence-corrected chi connectivity index (χ3v) is 4.13. The molecule has 2 atom stereocenters. The van der Waals surface area contributed by atoms with Crippen LogP contribution in [0.2, 0.25) is 0 Å². The van der Waals surface area contributed by atoms with Gasteiger partial charge in [0.15, 0.2) is 0 Å². The smallest absolute Gasteiger partial charge is 0.0239 e. The van der Waals surface area contributed by atoms with Gasteiger partial charge >= 0.3 is 0 Å². The lowest BCUT2D eigenvalue weighted by Gasteiger charge is -2.37. The fourth-order valence-corrected chi connectivity index (χ4v) is 3.37. The first-order chi connectivity index (χ1) is 7.83. The van der Waals surface area contributed by atoms with Crippen LogP contribution < -0.4 is 5.73 Å². The second-order valence-electron chi connectivity index (χ2n) is 5.27. The van der Waals surface area contributed by atoms with Crippen molar-refractivity contribution in [2.45, 2.75) is 50.4 Å². The Morgan fingerprint density at radius 2 is 1.69 bits per heavy atom. The van der Waals surface area contributed by atoms with Crippen LogP contribution in [-0.2, 0) is 6.54 Å². The average molecular weight is 216 g/mol. The molecule has 2 aliphatic heterocycles. The summed E-state index contributed by atoms with van der Waals surface area (Å²) in [4.78, 5) is 2.68. The van der Waals surface area contributed by atoms with E-state index < -0.39 is 0 Å². The molecule has 0 spiro atoms. The van der Waals surface area contributed by atoms with E-state index in [1.54, 1.807) is 0 Å². The van der Waals surface area contributed by atoms with Crippen molar-refractivity contribution in [1.29, 1.82) is 0 Å². The molecular formula is C14H20N2. The zero-order valence-electron chi connectivity index (χ0n) is 9.68. The van der Waals surface area contributed by atoms with E-state index >= 15 is 0 Å². The molecule has 1 aromatic carbocycles. The molecule has 2 nitrogen and oxygen atoms in total. The first-order valence-corrected chi connectivity index (χ1v) is 6.38. The van der Waals surface area contributed by atoms with Crippen LogP contribution in [0.1, 0.15) is 31.2 Å². The van der Waals surface area contributed by atoms with Crippen molar-refractivity contribution in [3.63, 3.8) is 0 Å². The summed E-state index contributed by atoms with van der Waals surface area (Å²) in [5.74, 6) is 0. The number of hydrogen-bond donors (Lipinski definition) is 1. The summed E-state index contributed by atoms with van der Waals surface area (Å²) in [5, 5.41) is 0. The highest BCUT2D eigenvalue weighted by Crippen LogP contribution is 2.35. The Kier molecular flexibility index (Phi) is 2.70. The lowest BCUT2D eigenvalue weighted by Crippen LogP contribution is -2.46. The van der Waals surface area contributed by atoms with E-state index in [0.29, 0.717) is 6.04 Å². The average Bonchev–Trinajstić information content (AvgIpc) is 2.54. The number of nitrogens with two attached hydrogens (primary N) is 1. The van der Waals surface area contributed by atoms with Gasteiger partial charge in [-0.15, -0.1) is 0 Å². The van der Waals surface area contributed by atoms with E-state index in [-0.39, 0.29) is 0 Å². The number of benzene rings is 1. The van der Waals surface area contributed by atoms with Crippen LogP contribution in [0.25, 0.3) is 0 Å². The summed E-state index contributed by atoms with van der Waals surface area (Å²) in [6.07, 6.45) is 5.10. The molecular weight excluding hydrogens is 196 g/mol. The molecule has 86 valence electrons. The van der Waals surface area contributed by atoms with E-state index in [4.69, 9.17) is 5.73 Å². The summed E-state index contributed by atoms with van der Waals surface area (Å²) >= 11 is 0. The fourth-order valence-electron chi connectivity index (χ4n) is 3.37. The molecule has 0 radical (unpaired) electrons. The van der Waals surface area contributed by atoms with Gasteiger partial charge in [-0.05, 0) is 31.2 Å². The van der Waals surface area contributed by atoms with Gasteiger partial charge in [0.05, 0.1) is 0 Å². The largest absolute Gasteiger partial charge is 0.328 e. The lowest BCUT2D eigenvalue weighted by atomic mass is 9.97. The second kappa shape index (κ2) is 4.19. The molecule has 2 heteroatoms. The molecule has 2 saturated heterocycles. The van der Waals surface area contributed by atoms with Crippen molar-refractivity contribution >= 4 is 0 Å². The maximum atomic E-state index is 6.08.